The van der Waals surface area contributed by atoms with Crippen molar-refractivity contribution in [3.8, 4) is 0 Å². The predicted molar refractivity (Wildman–Crippen MR) is 70.2 cm³/mol. The van der Waals surface area contributed by atoms with E-state index in [9.17, 15) is 4.79 Å². The lowest BCUT2D eigenvalue weighted by Gasteiger charge is -2.15. The van der Waals surface area contributed by atoms with E-state index >= 15 is 0 Å². The molecule has 0 saturated heterocycles. The summed E-state index contributed by atoms with van der Waals surface area (Å²) in [5.74, 6) is -0.0532. The molecule has 4 nitrogen and oxygen atoms in total. The summed E-state index contributed by atoms with van der Waals surface area (Å²) in [6.45, 7) is 2.52. The number of rotatable bonds is 3. The van der Waals surface area contributed by atoms with Gasteiger partial charge in [0.25, 0.3) is 5.91 Å². The molecule has 0 spiro atoms. The van der Waals surface area contributed by atoms with Crippen LogP contribution in [0.25, 0.3) is 0 Å². The lowest BCUT2D eigenvalue weighted by Crippen LogP contribution is -2.26. The van der Waals surface area contributed by atoms with E-state index in [-0.39, 0.29) is 5.91 Å². The molecule has 0 aliphatic rings. The van der Waals surface area contributed by atoms with Gasteiger partial charge < -0.3 is 4.90 Å². The summed E-state index contributed by atoms with van der Waals surface area (Å²) < 4.78 is 1.71. The van der Waals surface area contributed by atoms with E-state index in [1.165, 1.54) is 0 Å². The first kappa shape index (κ1) is 12.4. The molecule has 0 aliphatic carbocycles. The highest BCUT2D eigenvalue weighted by Gasteiger charge is 2.15. The Morgan fingerprint density at radius 1 is 1.33 bits per heavy atom. The van der Waals surface area contributed by atoms with E-state index in [0.717, 1.165) is 11.3 Å². The van der Waals surface area contributed by atoms with Gasteiger partial charge in [0.1, 0.15) is 0 Å². The molecule has 0 fully saturated rings. The third-order valence-corrected chi connectivity index (χ3v) is 2.94. The second kappa shape index (κ2) is 5.04. The Balaban J connectivity index is 2.09. The maximum absolute atomic E-state index is 12.2. The molecule has 4 heteroatoms. The van der Waals surface area contributed by atoms with E-state index in [2.05, 4.69) is 5.10 Å². The summed E-state index contributed by atoms with van der Waals surface area (Å²) in [5.41, 5.74) is 2.58. The monoisotopic (exact) mass is 243 g/mol. The molecule has 1 aromatic carbocycles. The van der Waals surface area contributed by atoms with Crippen LogP contribution >= 0.6 is 0 Å². The van der Waals surface area contributed by atoms with Crippen LogP contribution in [0.1, 0.15) is 21.7 Å². The molecule has 0 aliphatic heterocycles. The molecule has 0 N–H and O–H groups in total. The van der Waals surface area contributed by atoms with E-state index in [4.69, 9.17) is 0 Å². The molecule has 94 valence electrons. The number of aryl methyl sites for hydroxylation is 2. The van der Waals surface area contributed by atoms with Crippen molar-refractivity contribution in [2.75, 3.05) is 7.05 Å². The van der Waals surface area contributed by atoms with Crippen LogP contribution in [0.3, 0.4) is 0 Å². The number of nitrogens with zero attached hydrogens (tertiary/aromatic N) is 3. The van der Waals surface area contributed by atoms with Gasteiger partial charge in [-0.25, -0.2) is 0 Å². The normalized spacial score (nSPS) is 10.4. The molecule has 0 saturated carbocycles. The first-order valence-corrected chi connectivity index (χ1v) is 5.88. The lowest BCUT2D eigenvalue weighted by atomic mass is 10.2. The standard InChI is InChI=1S/C14H17N3O/c1-11-9-13(15-17(11)3)14(18)16(2)10-12-7-5-4-6-8-12/h4-9H,10H2,1-3H3. The zero-order valence-corrected chi connectivity index (χ0v) is 10.9. The van der Waals surface area contributed by atoms with Gasteiger partial charge in [0.15, 0.2) is 5.69 Å². The summed E-state index contributed by atoms with van der Waals surface area (Å²) in [5, 5.41) is 4.20. The Labute approximate surface area is 107 Å². The van der Waals surface area contributed by atoms with Crippen LogP contribution in [0, 0.1) is 6.92 Å². The van der Waals surface area contributed by atoms with Gasteiger partial charge in [-0.2, -0.15) is 5.10 Å². The number of aromatic nitrogens is 2. The van der Waals surface area contributed by atoms with Crippen LogP contribution < -0.4 is 0 Å². The Kier molecular flexibility index (Phi) is 3.46. The molecule has 0 radical (unpaired) electrons. The highest BCUT2D eigenvalue weighted by Crippen LogP contribution is 2.08. The number of amides is 1. The summed E-state index contributed by atoms with van der Waals surface area (Å²) in [6.07, 6.45) is 0. The minimum Gasteiger partial charge on any atom is -0.336 e. The van der Waals surface area contributed by atoms with Crippen LogP contribution in [-0.4, -0.2) is 27.6 Å². The fourth-order valence-electron chi connectivity index (χ4n) is 1.79. The first-order valence-electron chi connectivity index (χ1n) is 5.88. The molecule has 1 amide bonds. The maximum atomic E-state index is 12.2. The lowest BCUT2D eigenvalue weighted by molar-refractivity contribution is 0.0778. The van der Waals surface area contributed by atoms with Gasteiger partial charge in [-0.1, -0.05) is 30.3 Å². The van der Waals surface area contributed by atoms with E-state index in [1.54, 1.807) is 16.6 Å². The zero-order valence-electron chi connectivity index (χ0n) is 10.9. The van der Waals surface area contributed by atoms with Gasteiger partial charge in [-0.3, -0.25) is 9.48 Å². The number of benzene rings is 1. The molecule has 0 bridgehead atoms. The highest BCUT2D eigenvalue weighted by molar-refractivity contribution is 5.92. The number of carbonyl (C=O) groups is 1. The maximum Gasteiger partial charge on any atom is 0.274 e. The van der Waals surface area contributed by atoms with Crippen molar-refractivity contribution in [3.63, 3.8) is 0 Å². The molecule has 1 heterocycles. The SMILES string of the molecule is Cc1cc(C(=O)N(C)Cc2ccccc2)nn1C. The van der Waals surface area contributed by atoms with E-state index in [0.29, 0.717) is 12.2 Å². The molecule has 0 unspecified atom stereocenters. The number of hydrogen-bond donors (Lipinski definition) is 0. The predicted octanol–water partition coefficient (Wildman–Crippen LogP) is 2.00. The summed E-state index contributed by atoms with van der Waals surface area (Å²) >= 11 is 0. The quantitative estimate of drug-likeness (QED) is 0.827. The highest BCUT2D eigenvalue weighted by atomic mass is 16.2. The van der Waals surface area contributed by atoms with Crippen molar-refractivity contribution in [2.45, 2.75) is 13.5 Å². The van der Waals surface area contributed by atoms with Gasteiger partial charge in [-0.05, 0) is 18.6 Å². The van der Waals surface area contributed by atoms with E-state index in [1.807, 2.05) is 50.4 Å². The van der Waals surface area contributed by atoms with Crippen molar-refractivity contribution in [2.24, 2.45) is 7.05 Å². The second-order valence-electron chi connectivity index (χ2n) is 4.44. The second-order valence-corrected chi connectivity index (χ2v) is 4.44. The Hall–Kier alpha value is -2.10. The fraction of sp³-hybridized carbons (Fsp3) is 0.286. The molecule has 18 heavy (non-hydrogen) atoms. The first-order chi connectivity index (χ1) is 8.58. The Morgan fingerprint density at radius 3 is 2.56 bits per heavy atom. The molecule has 1 aromatic heterocycles. The summed E-state index contributed by atoms with van der Waals surface area (Å²) in [7, 11) is 3.63. The fourth-order valence-corrected chi connectivity index (χ4v) is 1.79. The van der Waals surface area contributed by atoms with Gasteiger partial charge in [-0.15, -0.1) is 0 Å². The van der Waals surface area contributed by atoms with Gasteiger partial charge >= 0.3 is 0 Å². The van der Waals surface area contributed by atoms with Crippen molar-refractivity contribution >= 4 is 5.91 Å². The summed E-state index contributed by atoms with van der Waals surface area (Å²) in [4.78, 5) is 13.8. The number of hydrogen-bond acceptors (Lipinski definition) is 2. The van der Waals surface area contributed by atoms with Crippen LogP contribution in [0.4, 0.5) is 0 Å². The molecule has 2 rings (SSSR count). The van der Waals surface area contributed by atoms with E-state index < -0.39 is 0 Å². The van der Waals surface area contributed by atoms with Crippen LogP contribution in [0.2, 0.25) is 0 Å². The van der Waals surface area contributed by atoms with Crippen molar-refractivity contribution < 1.29 is 4.79 Å². The third kappa shape index (κ3) is 2.59. The van der Waals surface area contributed by atoms with Crippen molar-refractivity contribution in [1.82, 2.24) is 14.7 Å². The average Bonchev–Trinajstić information content (AvgIpc) is 2.70. The Morgan fingerprint density at radius 2 is 2.00 bits per heavy atom. The van der Waals surface area contributed by atoms with Gasteiger partial charge in [0, 0.05) is 26.3 Å². The zero-order chi connectivity index (χ0) is 13.1. The summed E-state index contributed by atoms with van der Waals surface area (Å²) in [6, 6.07) is 11.7. The number of carbonyl (C=O) groups excluding carboxylic acids is 1. The van der Waals surface area contributed by atoms with Gasteiger partial charge in [0.05, 0.1) is 0 Å². The minimum absolute atomic E-state index is 0.0532. The molecular weight excluding hydrogens is 226 g/mol. The molecule has 0 atom stereocenters. The molecule has 2 aromatic rings. The van der Waals surface area contributed by atoms with Crippen molar-refractivity contribution in [3.05, 3.63) is 53.3 Å². The third-order valence-electron chi connectivity index (χ3n) is 2.94. The van der Waals surface area contributed by atoms with Gasteiger partial charge in [0.2, 0.25) is 0 Å². The van der Waals surface area contributed by atoms with Crippen LogP contribution in [-0.2, 0) is 13.6 Å². The van der Waals surface area contributed by atoms with Crippen molar-refractivity contribution in [1.29, 1.82) is 0 Å². The topological polar surface area (TPSA) is 38.1 Å². The smallest absolute Gasteiger partial charge is 0.274 e. The largest absolute Gasteiger partial charge is 0.336 e. The molecular formula is C14H17N3O. The van der Waals surface area contributed by atoms with Crippen LogP contribution in [0.5, 0.6) is 0 Å². The Bertz CT molecular complexity index is 526. The minimum atomic E-state index is -0.0532. The van der Waals surface area contributed by atoms with Crippen LogP contribution in [0.15, 0.2) is 36.4 Å². The average molecular weight is 243 g/mol.